The van der Waals surface area contributed by atoms with E-state index in [2.05, 4.69) is 4.98 Å². The number of nitrogens with zero attached hydrogens (tertiary/aromatic N) is 1. The van der Waals surface area contributed by atoms with Crippen molar-refractivity contribution in [1.29, 1.82) is 0 Å². The van der Waals surface area contributed by atoms with Crippen LogP contribution in [-0.4, -0.2) is 18.1 Å². The highest BCUT2D eigenvalue weighted by Gasteiger charge is 2.08. The predicted octanol–water partition coefficient (Wildman–Crippen LogP) is 4.33. The molecular formula is C19H15NO3. The summed E-state index contributed by atoms with van der Waals surface area (Å²) in [5, 5.41) is 0. The number of esters is 1. The van der Waals surface area contributed by atoms with E-state index >= 15 is 0 Å². The third kappa shape index (κ3) is 3.55. The summed E-state index contributed by atoms with van der Waals surface area (Å²) in [5.74, 6) is 1.13. The number of hydrogen-bond acceptors (Lipinski definition) is 4. The molecule has 0 aliphatic heterocycles. The van der Waals surface area contributed by atoms with Gasteiger partial charge in [-0.05, 0) is 35.9 Å². The number of aromatic nitrogens is 1. The standard InChI is InChI=1S/C19H15NO3/c1-22-19(21)16-11-15(12-20-13-16)14-7-9-18(10-8-14)23-17-5-3-2-4-6-17/h2-13H,1H3. The Labute approximate surface area is 134 Å². The summed E-state index contributed by atoms with van der Waals surface area (Å²) < 4.78 is 10.5. The highest BCUT2D eigenvalue weighted by atomic mass is 16.5. The van der Waals surface area contributed by atoms with Crippen LogP contribution >= 0.6 is 0 Å². The van der Waals surface area contributed by atoms with Gasteiger partial charge in [-0.1, -0.05) is 30.3 Å². The number of rotatable bonds is 4. The molecule has 3 aromatic rings. The van der Waals surface area contributed by atoms with E-state index in [0.717, 1.165) is 22.6 Å². The monoisotopic (exact) mass is 305 g/mol. The van der Waals surface area contributed by atoms with E-state index in [4.69, 9.17) is 9.47 Å². The summed E-state index contributed by atoms with van der Waals surface area (Å²) in [6.07, 6.45) is 3.20. The number of pyridine rings is 1. The maximum absolute atomic E-state index is 11.6. The molecule has 0 amide bonds. The summed E-state index contributed by atoms with van der Waals surface area (Å²) in [6, 6.07) is 19.0. The van der Waals surface area contributed by atoms with Crippen LogP contribution in [0.15, 0.2) is 73.1 Å². The lowest BCUT2D eigenvalue weighted by Crippen LogP contribution is -2.01. The Morgan fingerprint density at radius 2 is 1.57 bits per heavy atom. The molecule has 4 nitrogen and oxygen atoms in total. The molecular weight excluding hydrogens is 290 g/mol. The van der Waals surface area contributed by atoms with Gasteiger partial charge in [0.25, 0.3) is 0 Å². The van der Waals surface area contributed by atoms with Gasteiger partial charge in [0.05, 0.1) is 12.7 Å². The predicted molar refractivity (Wildman–Crippen MR) is 87.5 cm³/mol. The molecule has 0 N–H and O–H groups in total. The van der Waals surface area contributed by atoms with Crippen LogP contribution in [-0.2, 0) is 4.74 Å². The van der Waals surface area contributed by atoms with E-state index in [0.29, 0.717) is 5.56 Å². The lowest BCUT2D eigenvalue weighted by molar-refractivity contribution is 0.0600. The van der Waals surface area contributed by atoms with Crippen molar-refractivity contribution in [2.45, 2.75) is 0 Å². The largest absolute Gasteiger partial charge is 0.465 e. The quantitative estimate of drug-likeness (QED) is 0.673. The Morgan fingerprint density at radius 1 is 0.870 bits per heavy atom. The topological polar surface area (TPSA) is 48.4 Å². The molecule has 0 bridgehead atoms. The van der Waals surface area contributed by atoms with Crippen molar-refractivity contribution in [3.8, 4) is 22.6 Å². The average Bonchev–Trinajstić information content (AvgIpc) is 2.62. The first-order chi connectivity index (χ1) is 11.3. The zero-order valence-corrected chi connectivity index (χ0v) is 12.6. The fourth-order valence-electron chi connectivity index (χ4n) is 2.17. The lowest BCUT2D eigenvalue weighted by atomic mass is 10.1. The highest BCUT2D eigenvalue weighted by molar-refractivity contribution is 5.90. The normalized spacial score (nSPS) is 10.1. The summed E-state index contributed by atoms with van der Waals surface area (Å²) >= 11 is 0. The summed E-state index contributed by atoms with van der Waals surface area (Å²) in [4.78, 5) is 15.7. The summed E-state index contributed by atoms with van der Waals surface area (Å²) in [5.41, 5.74) is 2.22. The second-order valence-corrected chi connectivity index (χ2v) is 4.89. The average molecular weight is 305 g/mol. The fourth-order valence-corrected chi connectivity index (χ4v) is 2.17. The first-order valence-electron chi connectivity index (χ1n) is 7.13. The Kier molecular flexibility index (Phi) is 4.34. The molecule has 0 saturated heterocycles. The third-order valence-corrected chi connectivity index (χ3v) is 3.33. The lowest BCUT2D eigenvalue weighted by Gasteiger charge is -2.07. The van der Waals surface area contributed by atoms with E-state index in [1.807, 2.05) is 54.6 Å². The number of carbonyl (C=O) groups is 1. The van der Waals surface area contributed by atoms with E-state index in [-0.39, 0.29) is 0 Å². The van der Waals surface area contributed by atoms with Gasteiger partial charge in [0.1, 0.15) is 11.5 Å². The Bertz CT molecular complexity index is 798. The second-order valence-electron chi connectivity index (χ2n) is 4.89. The van der Waals surface area contributed by atoms with Gasteiger partial charge < -0.3 is 9.47 Å². The number of hydrogen-bond donors (Lipinski definition) is 0. The smallest absolute Gasteiger partial charge is 0.339 e. The molecule has 23 heavy (non-hydrogen) atoms. The number of methoxy groups -OCH3 is 1. The van der Waals surface area contributed by atoms with Crippen LogP contribution in [0.4, 0.5) is 0 Å². The van der Waals surface area contributed by atoms with Gasteiger partial charge in [-0.25, -0.2) is 4.79 Å². The molecule has 4 heteroatoms. The van der Waals surface area contributed by atoms with Crippen molar-refractivity contribution in [3.05, 3.63) is 78.6 Å². The van der Waals surface area contributed by atoms with Crippen LogP contribution in [0.25, 0.3) is 11.1 Å². The van der Waals surface area contributed by atoms with Gasteiger partial charge in [0.15, 0.2) is 0 Å². The van der Waals surface area contributed by atoms with Gasteiger partial charge in [0.2, 0.25) is 0 Å². The fraction of sp³-hybridized carbons (Fsp3) is 0.0526. The maximum Gasteiger partial charge on any atom is 0.339 e. The van der Waals surface area contributed by atoms with Crippen LogP contribution in [0.5, 0.6) is 11.5 Å². The molecule has 2 aromatic carbocycles. The molecule has 1 heterocycles. The first-order valence-corrected chi connectivity index (χ1v) is 7.13. The van der Waals surface area contributed by atoms with Crippen molar-refractivity contribution >= 4 is 5.97 Å². The number of carbonyl (C=O) groups excluding carboxylic acids is 1. The Balaban J connectivity index is 1.81. The molecule has 0 saturated carbocycles. The van der Waals surface area contributed by atoms with Gasteiger partial charge in [-0.3, -0.25) is 4.98 Å². The van der Waals surface area contributed by atoms with Gasteiger partial charge in [-0.15, -0.1) is 0 Å². The molecule has 0 unspecified atom stereocenters. The summed E-state index contributed by atoms with van der Waals surface area (Å²) in [6.45, 7) is 0. The van der Waals surface area contributed by atoms with E-state index in [1.54, 1.807) is 12.3 Å². The SMILES string of the molecule is COC(=O)c1cncc(-c2ccc(Oc3ccccc3)cc2)c1. The minimum Gasteiger partial charge on any atom is -0.465 e. The second kappa shape index (κ2) is 6.75. The maximum atomic E-state index is 11.6. The molecule has 0 radical (unpaired) electrons. The Morgan fingerprint density at radius 3 is 2.26 bits per heavy atom. The molecule has 0 spiro atoms. The van der Waals surface area contributed by atoms with Crippen molar-refractivity contribution in [3.63, 3.8) is 0 Å². The highest BCUT2D eigenvalue weighted by Crippen LogP contribution is 2.25. The van der Waals surface area contributed by atoms with Crippen LogP contribution < -0.4 is 4.74 Å². The van der Waals surface area contributed by atoms with Crippen LogP contribution in [0.2, 0.25) is 0 Å². The molecule has 3 rings (SSSR count). The van der Waals surface area contributed by atoms with Crippen molar-refractivity contribution in [2.75, 3.05) is 7.11 Å². The third-order valence-electron chi connectivity index (χ3n) is 3.33. The van der Waals surface area contributed by atoms with Gasteiger partial charge in [-0.2, -0.15) is 0 Å². The zero-order valence-electron chi connectivity index (χ0n) is 12.6. The van der Waals surface area contributed by atoms with Crippen LogP contribution in [0.1, 0.15) is 10.4 Å². The number of para-hydroxylation sites is 1. The number of benzene rings is 2. The van der Waals surface area contributed by atoms with Crippen molar-refractivity contribution in [1.82, 2.24) is 4.98 Å². The Hall–Kier alpha value is -3.14. The minimum absolute atomic E-state index is 0.400. The first kappa shape index (κ1) is 14.8. The molecule has 0 aliphatic carbocycles. The van der Waals surface area contributed by atoms with Crippen LogP contribution in [0.3, 0.4) is 0 Å². The van der Waals surface area contributed by atoms with Crippen molar-refractivity contribution < 1.29 is 14.3 Å². The van der Waals surface area contributed by atoms with Crippen molar-refractivity contribution in [2.24, 2.45) is 0 Å². The number of ether oxygens (including phenoxy) is 2. The molecule has 1 aromatic heterocycles. The molecule has 0 fully saturated rings. The molecule has 0 atom stereocenters. The van der Waals surface area contributed by atoms with Crippen LogP contribution in [0, 0.1) is 0 Å². The molecule has 0 aliphatic rings. The van der Waals surface area contributed by atoms with Gasteiger partial charge >= 0.3 is 5.97 Å². The van der Waals surface area contributed by atoms with E-state index in [1.165, 1.54) is 13.3 Å². The van der Waals surface area contributed by atoms with E-state index in [9.17, 15) is 4.79 Å². The van der Waals surface area contributed by atoms with E-state index < -0.39 is 5.97 Å². The summed E-state index contributed by atoms with van der Waals surface area (Å²) in [7, 11) is 1.35. The van der Waals surface area contributed by atoms with Gasteiger partial charge in [0, 0.05) is 18.0 Å². The molecule has 114 valence electrons. The zero-order chi connectivity index (χ0) is 16.1. The minimum atomic E-state index is -0.400.